The molecule has 1 N–H and O–H groups in total. The van der Waals surface area contributed by atoms with Crippen LogP contribution in [0.4, 0.5) is 0 Å². The van der Waals surface area contributed by atoms with E-state index in [0.29, 0.717) is 13.1 Å². The predicted molar refractivity (Wildman–Crippen MR) is 99.0 cm³/mol. The Morgan fingerprint density at radius 2 is 1.85 bits per heavy atom. The van der Waals surface area contributed by atoms with E-state index >= 15 is 0 Å². The number of benzene rings is 1. The number of nitrogens with one attached hydrogen (secondary N) is 1. The third-order valence-corrected chi connectivity index (χ3v) is 4.91. The van der Waals surface area contributed by atoms with Gasteiger partial charge >= 0.3 is 0 Å². The quantitative estimate of drug-likeness (QED) is 0.770. The molecule has 0 saturated carbocycles. The average molecular weight is 348 g/mol. The molecule has 132 valence electrons. The lowest BCUT2D eigenvalue weighted by Crippen LogP contribution is -2.36. The van der Waals surface area contributed by atoms with Gasteiger partial charge in [0.05, 0.1) is 5.69 Å². The third-order valence-electron chi connectivity index (χ3n) is 4.91. The predicted octanol–water partition coefficient (Wildman–Crippen LogP) is 2.02. The lowest BCUT2D eigenvalue weighted by molar-refractivity contribution is 0.0760. The Kier molecular flexibility index (Phi) is 4.16. The number of aryl methyl sites for hydroxylation is 1. The van der Waals surface area contributed by atoms with E-state index < -0.39 is 0 Å². The zero-order valence-electron chi connectivity index (χ0n) is 14.6. The van der Waals surface area contributed by atoms with Crippen molar-refractivity contribution in [1.82, 2.24) is 19.7 Å². The maximum absolute atomic E-state index is 12.8. The van der Waals surface area contributed by atoms with Crippen molar-refractivity contribution in [2.45, 2.75) is 12.8 Å². The van der Waals surface area contributed by atoms with Crippen molar-refractivity contribution in [3.63, 3.8) is 0 Å². The van der Waals surface area contributed by atoms with Crippen molar-refractivity contribution >= 4 is 5.91 Å². The van der Waals surface area contributed by atoms with Crippen LogP contribution in [0.15, 0.2) is 53.5 Å². The van der Waals surface area contributed by atoms with Crippen LogP contribution in [0.25, 0.3) is 11.3 Å². The summed E-state index contributed by atoms with van der Waals surface area (Å²) in [5.74, 6) is -0.214. The molecular weight excluding hydrogens is 328 g/mol. The fourth-order valence-electron chi connectivity index (χ4n) is 3.57. The van der Waals surface area contributed by atoms with Crippen molar-refractivity contribution in [2.75, 3.05) is 13.1 Å². The van der Waals surface area contributed by atoms with Gasteiger partial charge in [0.1, 0.15) is 5.56 Å². The maximum Gasteiger partial charge on any atom is 0.260 e. The van der Waals surface area contributed by atoms with E-state index in [4.69, 9.17) is 5.10 Å². The molecule has 3 heterocycles. The van der Waals surface area contributed by atoms with Crippen LogP contribution in [0.5, 0.6) is 0 Å². The van der Waals surface area contributed by atoms with E-state index in [1.165, 1.54) is 11.8 Å². The lowest BCUT2D eigenvalue weighted by Gasteiger charge is -2.20. The van der Waals surface area contributed by atoms with E-state index in [2.05, 4.69) is 17.1 Å². The van der Waals surface area contributed by atoms with Gasteiger partial charge in [0.25, 0.3) is 11.5 Å². The number of nitrogens with zero attached hydrogens (tertiary/aromatic N) is 3. The molecule has 2 aromatic heterocycles. The standard InChI is InChI=1S/C20H20N4O2/c1-23-17-10-13-24(20(26)16-8-5-11-21-19(16)25)12-9-15(17)18(22-23)14-6-3-2-4-7-14/h2-8,11H,9-10,12-13H2,1H3,(H,21,25). The summed E-state index contributed by atoms with van der Waals surface area (Å²) in [5.41, 5.74) is 4.27. The molecule has 0 radical (unpaired) electrons. The molecule has 1 aliphatic rings. The van der Waals surface area contributed by atoms with Gasteiger partial charge in [-0.1, -0.05) is 30.3 Å². The van der Waals surface area contributed by atoms with Gasteiger partial charge in [-0.2, -0.15) is 5.10 Å². The van der Waals surface area contributed by atoms with Crippen molar-refractivity contribution in [1.29, 1.82) is 0 Å². The van der Waals surface area contributed by atoms with Crippen LogP contribution in [0.2, 0.25) is 0 Å². The van der Waals surface area contributed by atoms with Gasteiger partial charge < -0.3 is 9.88 Å². The molecule has 6 heteroatoms. The lowest BCUT2D eigenvalue weighted by atomic mass is 10.0. The van der Waals surface area contributed by atoms with Gasteiger partial charge in [-0.15, -0.1) is 0 Å². The van der Waals surface area contributed by atoms with Gasteiger partial charge in [-0.3, -0.25) is 14.3 Å². The van der Waals surface area contributed by atoms with Crippen LogP contribution in [-0.4, -0.2) is 38.7 Å². The summed E-state index contributed by atoms with van der Waals surface area (Å²) in [4.78, 5) is 29.0. The Hall–Kier alpha value is -3.15. The molecule has 6 nitrogen and oxygen atoms in total. The minimum atomic E-state index is -0.342. The molecule has 0 bridgehead atoms. The summed E-state index contributed by atoms with van der Waals surface area (Å²) >= 11 is 0. The van der Waals surface area contributed by atoms with Crippen LogP contribution < -0.4 is 5.56 Å². The Morgan fingerprint density at radius 3 is 2.62 bits per heavy atom. The number of carbonyl (C=O) groups excluding carboxylic acids is 1. The molecule has 0 saturated heterocycles. The van der Waals surface area contributed by atoms with Crippen LogP contribution in [0.1, 0.15) is 21.6 Å². The topological polar surface area (TPSA) is 71.0 Å². The van der Waals surface area contributed by atoms with Gasteiger partial charge in [-0.05, 0) is 18.6 Å². The Balaban J connectivity index is 1.63. The van der Waals surface area contributed by atoms with Gasteiger partial charge in [0.15, 0.2) is 0 Å². The molecule has 0 atom stereocenters. The first-order valence-electron chi connectivity index (χ1n) is 8.72. The van der Waals surface area contributed by atoms with Crippen molar-refractivity contribution < 1.29 is 4.79 Å². The molecule has 4 rings (SSSR count). The Morgan fingerprint density at radius 1 is 1.08 bits per heavy atom. The summed E-state index contributed by atoms with van der Waals surface area (Å²) in [5, 5.41) is 4.70. The average Bonchev–Trinajstić information content (AvgIpc) is 2.84. The van der Waals surface area contributed by atoms with E-state index in [9.17, 15) is 9.59 Å². The maximum atomic E-state index is 12.8. The number of carbonyl (C=O) groups is 1. The molecule has 0 spiro atoms. The van der Waals surface area contributed by atoms with Crippen molar-refractivity contribution in [3.05, 3.63) is 75.8 Å². The number of H-pyrrole nitrogens is 1. The number of aromatic nitrogens is 3. The molecule has 0 fully saturated rings. The fourth-order valence-corrected chi connectivity index (χ4v) is 3.57. The first-order chi connectivity index (χ1) is 12.6. The van der Waals surface area contributed by atoms with Crippen LogP contribution >= 0.6 is 0 Å². The zero-order valence-corrected chi connectivity index (χ0v) is 14.6. The first-order valence-corrected chi connectivity index (χ1v) is 8.72. The highest BCUT2D eigenvalue weighted by atomic mass is 16.2. The number of rotatable bonds is 2. The highest BCUT2D eigenvalue weighted by molar-refractivity contribution is 5.93. The highest BCUT2D eigenvalue weighted by Gasteiger charge is 2.25. The highest BCUT2D eigenvalue weighted by Crippen LogP contribution is 2.28. The van der Waals surface area contributed by atoms with Crippen LogP contribution in [-0.2, 0) is 19.9 Å². The molecule has 0 aliphatic carbocycles. The van der Waals surface area contributed by atoms with Crippen LogP contribution in [0, 0.1) is 0 Å². The molecule has 3 aromatic rings. The summed E-state index contributed by atoms with van der Waals surface area (Å²) in [6.45, 7) is 1.15. The summed E-state index contributed by atoms with van der Waals surface area (Å²) < 4.78 is 1.92. The summed E-state index contributed by atoms with van der Waals surface area (Å²) in [7, 11) is 1.95. The zero-order chi connectivity index (χ0) is 18.1. The normalized spacial score (nSPS) is 14.0. The molecule has 1 aromatic carbocycles. The number of hydrogen-bond acceptors (Lipinski definition) is 3. The van der Waals surface area contributed by atoms with E-state index in [1.54, 1.807) is 17.0 Å². The van der Waals surface area contributed by atoms with E-state index in [-0.39, 0.29) is 17.0 Å². The van der Waals surface area contributed by atoms with Crippen LogP contribution in [0.3, 0.4) is 0 Å². The monoisotopic (exact) mass is 348 g/mol. The number of pyridine rings is 1. The molecular formula is C20H20N4O2. The van der Waals surface area contributed by atoms with Gasteiger partial charge in [0, 0.05) is 49.6 Å². The number of aromatic amines is 1. The smallest absolute Gasteiger partial charge is 0.260 e. The van der Waals surface area contributed by atoms with Gasteiger partial charge in [0.2, 0.25) is 0 Å². The second kappa shape index (κ2) is 6.63. The number of fused-ring (bicyclic) bond motifs is 1. The van der Waals surface area contributed by atoms with Crippen molar-refractivity contribution in [2.24, 2.45) is 7.05 Å². The molecule has 1 aliphatic heterocycles. The number of hydrogen-bond donors (Lipinski definition) is 1. The molecule has 1 amide bonds. The second-order valence-electron chi connectivity index (χ2n) is 6.47. The summed E-state index contributed by atoms with van der Waals surface area (Å²) in [6.07, 6.45) is 2.99. The first kappa shape index (κ1) is 16.3. The largest absolute Gasteiger partial charge is 0.338 e. The molecule has 0 unspecified atom stereocenters. The van der Waals surface area contributed by atoms with E-state index in [1.807, 2.05) is 29.9 Å². The third kappa shape index (κ3) is 2.83. The minimum Gasteiger partial charge on any atom is -0.338 e. The number of amides is 1. The molecule has 26 heavy (non-hydrogen) atoms. The van der Waals surface area contributed by atoms with E-state index in [0.717, 1.165) is 29.8 Å². The van der Waals surface area contributed by atoms with Crippen molar-refractivity contribution in [3.8, 4) is 11.3 Å². The van der Waals surface area contributed by atoms with Gasteiger partial charge in [-0.25, -0.2) is 0 Å². The SMILES string of the molecule is Cn1nc(-c2ccccc2)c2c1CCN(C(=O)c1ccc[nH]c1=O)CC2. The second-order valence-corrected chi connectivity index (χ2v) is 6.47. The summed E-state index contributed by atoms with van der Waals surface area (Å²) in [6, 6.07) is 13.4. The Labute approximate surface area is 151 Å². The Bertz CT molecular complexity index is 1000. The fraction of sp³-hybridized carbons (Fsp3) is 0.250. The minimum absolute atomic E-state index is 0.194.